The van der Waals surface area contributed by atoms with Crippen molar-refractivity contribution >= 4 is 5.97 Å². The Bertz CT molecular complexity index is 190. The average Bonchev–Trinajstić information content (AvgIpc) is 2.30. The minimum atomic E-state index is -0.757. The second kappa shape index (κ2) is 10.3. The first-order valence-electron chi connectivity index (χ1n) is 6.67. The SMILES string of the molecule is CC(C)(C)C(=O)O.CCC(CO)CC(CC)CO. The van der Waals surface area contributed by atoms with Crippen LogP contribution in [0.2, 0.25) is 0 Å². The first-order chi connectivity index (χ1) is 8.22. The third kappa shape index (κ3) is 10.5. The lowest BCUT2D eigenvalue weighted by Gasteiger charge is -2.17. The number of carboxylic acids is 1. The number of hydrogen-bond donors (Lipinski definition) is 3. The molecule has 0 aliphatic rings. The van der Waals surface area contributed by atoms with Crippen molar-refractivity contribution in [2.24, 2.45) is 17.3 Å². The van der Waals surface area contributed by atoms with Gasteiger partial charge in [-0.25, -0.2) is 0 Å². The molecule has 0 saturated carbocycles. The molecule has 4 nitrogen and oxygen atoms in total. The van der Waals surface area contributed by atoms with Crippen LogP contribution in [0.4, 0.5) is 0 Å². The monoisotopic (exact) mass is 262 g/mol. The van der Waals surface area contributed by atoms with Crippen molar-refractivity contribution < 1.29 is 20.1 Å². The molecule has 0 spiro atoms. The standard InChI is InChI=1S/C9H20O2.C5H10O2/c1-3-8(6-10)5-9(4-2)7-11;1-5(2,3)4(6)7/h8-11H,3-7H2,1-2H3;1-3H3,(H,6,7). The zero-order valence-corrected chi connectivity index (χ0v) is 12.4. The highest BCUT2D eigenvalue weighted by molar-refractivity contribution is 5.72. The summed E-state index contributed by atoms with van der Waals surface area (Å²) in [6, 6.07) is 0. The van der Waals surface area contributed by atoms with E-state index in [4.69, 9.17) is 15.3 Å². The molecule has 0 aliphatic heterocycles. The summed E-state index contributed by atoms with van der Waals surface area (Å²) < 4.78 is 0. The van der Waals surface area contributed by atoms with E-state index in [1.54, 1.807) is 20.8 Å². The summed E-state index contributed by atoms with van der Waals surface area (Å²) in [5.41, 5.74) is -0.583. The molecule has 0 saturated heterocycles. The number of hydrogen-bond acceptors (Lipinski definition) is 3. The third-order valence-corrected chi connectivity index (χ3v) is 2.98. The summed E-state index contributed by atoms with van der Waals surface area (Å²) in [4.78, 5) is 10.0. The van der Waals surface area contributed by atoms with Gasteiger partial charge in [0.05, 0.1) is 5.41 Å². The van der Waals surface area contributed by atoms with Gasteiger partial charge in [0.1, 0.15) is 0 Å². The van der Waals surface area contributed by atoms with E-state index in [2.05, 4.69) is 13.8 Å². The highest BCUT2D eigenvalue weighted by atomic mass is 16.4. The first-order valence-corrected chi connectivity index (χ1v) is 6.67. The number of carbonyl (C=O) groups is 1. The lowest BCUT2D eigenvalue weighted by Crippen LogP contribution is -2.18. The quantitative estimate of drug-likeness (QED) is 0.687. The van der Waals surface area contributed by atoms with Crippen LogP contribution >= 0.6 is 0 Å². The van der Waals surface area contributed by atoms with Crippen LogP contribution in [0, 0.1) is 17.3 Å². The van der Waals surface area contributed by atoms with Gasteiger partial charge in [0.25, 0.3) is 0 Å². The average molecular weight is 262 g/mol. The predicted octanol–water partition coefficient (Wildman–Crippen LogP) is 2.53. The molecule has 0 aromatic heterocycles. The summed E-state index contributed by atoms with van der Waals surface area (Å²) >= 11 is 0. The van der Waals surface area contributed by atoms with Gasteiger partial charge >= 0.3 is 5.97 Å². The van der Waals surface area contributed by atoms with Gasteiger partial charge in [-0.15, -0.1) is 0 Å². The maximum absolute atomic E-state index is 10.0. The highest BCUT2D eigenvalue weighted by Gasteiger charge is 2.18. The normalized spacial score (nSPS) is 14.4. The second-order valence-electron chi connectivity index (χ2n) is 5.70. The van der Waals surface area contributed by atoms with E-state index in [0.717, 1.165) is 19.3 Å². The largest absolute Gasteiger partial charge is 0.481 e. The minimum Gasteiger partial charge on any atom is -0.481 e. The molecule has 0 aliphatic carbocycles. The van der Waals surface area contributed by atoms with Crippen molar-refractivity contribution in [3.8, 4) is 0 Å². The van der Waals surface area contributed by atoms with Crippen molar-refractivity contribution in [1.82, 2.24) is 0 Å². The molecule has 0 amide bonds. The Labute approximate surface area is 111 Å². The molecule has 0 aromatic rings. The molecule has 0 radical (unpaired) electrons. The number of carboxylic acid groups (broad SMARTS) is 1. The fourth-order valence-corrected chi connectivity index (χ4v) is 1.21. The van der Waals surface area contributed by atoms with E-state index in [-0.39, 0.29) is 13.2 Å². The van der Waals surface area contributed by atoms with E-state index in [1.165, 1.54) is 0 Å². The smallest absolute Gasteiger partial charge is 0.308 e. The Morgan fingerprint density at radius 3 is 1.39 bits per heavy atom. The Morgan fingerprint density at radius 2 is 1.28 bits per heavy atom. The topological polar surface area (TPSA) is 77.8 Å². The second-order valence-corrected chi connectivity index (χ2v) is 5.70. The zero-order chi connectivity index (χ0) is 14.8. The van der Waals surface area contributed by atoms with Crippen molar-refractivity contribution in [3.63, 3.8) is 0 Å². The lowest BCUT2D eigenvalue weighted by molar-refractivity contribution is -0.145. The summed E-state index contributed by atoms with van der Waals surface area (Å²) in [5.74, 6) is 0.00620. The van der Waals surface area contributed by atoms with Gasteiger partial charge in [-0.05, 0) is 39.0 Å². The van der Waals surface area contributed by atoms with Crippen LogP contribution in [-0.2, 0) is 4.79 Å². The molecule has 2 atom stereocenters. The van der Waals surface area contributed by atoms with Gasteiger partial charge in [-0.3, -0.25) is 4.79 Å². The molecule has 110 valence electrons. The molecule has 0 bridgehead atoms. The van der Waals surface area contributed by atoms with E-state index >= 15 is 0 Å². The maximum atomic E-state index is 10.0. The van der Waals surface area contributed by atoms with Gasteiger partial charge in [0.2, 0.25) is 0 Å². The molecule has 0 fully saturated rings. The summed E-state index contributed by atoms with van der Waals surface area (Å²) in [7, 11) is 0. The van der Waals surface area contributed by atoms with Crippen LogP contribution < -0.4 is 0 Å². The van der Waals surface area contributed by atoms with Gasteiger partial charge in [-0.2, -0.15) is 0 Å². The van der Waals surface area contributed by atoms with Crippen LogP contribution in [0.25, 0.3) is 0 Å². The van der Waals surface area contributed by atoms with E-state index in [9.17, 15) is 4.79 Å². The van der Waals surface area contributed by atoms with Crippen LogP contribution in [-0.4, -0.2) is 34.5 Å². The summed E-state index contributed by atoms with van der Waals surface area (Å²) in [5, 5.41) is 26.0. The van der Waals surface area contributed by atoms with E-state index in [0.29, 0.717) is 11.8 Å². The number of aliphatic hydroxyl groups excluding tert-OH is 2. The molecule has 0 heterocycles. The predicted molar refractivity (Wildman–Crippen MR) is 73.4 cm³/mol. The zero-order valence-electron chi connectivity index (χ0n) is 12.4. The van der Waals surface area contributed by atoms with Crippen molar-refractivity contribution in [3.05, 3.63) is 0 Å². The fraction of sp³-hybridized carbons (Fsp3) is 0.929. The van der Waals surface area contributed by atoms with Crippen LogP contribution in [0.5, 0.6) is 0 Å². The van der Waals surface area contributed by atoms with Crippen LogP contribution in [0.15, 0.2) is 0 Å². The third-order valence-electron chi connectivity index (χ3n) is 2.98. The molecule has 0 rings (SSSR count). The highest BCUT2D eigenvalue weighted by Crippen LogP contribution is 2.17. The molecule has 4 heteroatoms. The maximum Gasteiger partial charge on any atom is 0.308 e. The van der Waals surface area contributed by atoms with Gasteiger partial charge < -0.3 is 15.3 Å². The first kappa shape index (κ1) is 19.7. The van der Waals surface area contributed by atoms with Gasteiger partial charge in [-0.1, -0.05) is 26.7 Å². The number of aliphatic carboxylic acids is 1. The van der Waals surface area contributed by atoms with Crippen LogP contribution in [0.3, 0.4) is 0 Å². The fourth-order valence-electron chi connectivity index (χ4n) is 1.21. The van der Waals surface area contributed by atoms with Crippen molar-refractivity contribution in [2.45, 2.75) is 53.9 Å². The summed E-state index contributed by atoms with van der Waals surface area (Å²) in [6.07, 6.45) is 2.97. The van der Waals surface area contributed by atoms with Gasteiger partial charge in [0, 0.05) is 13.2 Å². The molecule has 3 N–H and O–H groups in total. The number of aliphatic hydroxyl groups is 2. The number of rotatable bonds is 6. The van der Waals surface area contributed by atoms with E-state index < -0.39 is 11.4 Å². The Balaban J connectivity index is 0. The Kier molecular flexibility index (Phi) is 11.3. The van der Waals surface area contributed by atoms with Crippen molar-refractivity contribution in [1.29, 1.82) is 0 Å². The molecular formula is C14H30O4. The molecule has 0 aromatic carbocycles. The minimum absolute atomic E-state index is 0.257. The van der Waals surface area contributed by atoms with Gasteiger partial charge in [0.15, 0.2) is 0 Å². The summed E-state index contributed by atoms with van der Waals surface area (Å²) in [6.45, 7) is 9.65. The van der Waals surface area contributed by atoms with Crippen LogP contribution in [0.1, 0.15) is 53.9 Å². The molecule has 2 unspecified atom stereocenters. The molecule has 18 heavy (non-hydrogen) atoms. The Morgan fingerprint density at radius 1 is 1.00 bits per heavy atom. The van der Waals surface area contributed by atoms with E-state index in [1.807, 2.05) is 0 Å². The Hall–Kier alpha value is -0.610. The molecular weight excluding hydrogens is 232 g/mol. The van der Waals surface area contributed by atoms with Crippen molar-refractivity contribution in [2.75, 3.05) is 13.2 Å². The lowest BCUT2D eigenvalue weighted by atomic mass is 9.92.